The van der Waals surface area contributed by atoms with Gasteiger partial charge in [-0.3, -0.25) is 0 Å². The average molecular weight is 254 g/mol. The van der Waals surface area contributed by atoms with E-state index in [0.717, 1.165) is 16.2 Å². The Morgan fingerprint density at radius 3 is 2.61 bits per heavy atom. The molecule has 1 heterocycles. The van der Waals surface area contributed by atoms with Gasteiger partial charge in [0.1, 0.15) is 5.01 Å². The van der Waals surface area contributed by atoms with Crippen molar-refractivity contribution in [3.63, 3.8) is 0 Å². The van der Waals surface area contributed by atoms with E-state index >= 15 is 0 Å². The molecule has 0 saturated heterocycles. The number of aryl methyl sites for hydroxylation is 2. The largest absolute Gasteiger partial charge is 0.399 e. The highest BCUT2D eigenvalue weighted by molar-refractivity contribution is 7.21. The Bertz CT molecular complexity index is 728. The van der Waals surface area contributed by atoms with Gasteiger partial charge < -0.3 is 5.73 Å². The lowest BCUT2D eigenvalue weighted by atomic mass is 10.1. The lowest BCUT2D eigenvalue weighted by Crippen LogP contribution is -1.88. The van der Waals surface area contributed by atoms with Crippen molar-refractivity contribution in [1.82, 2.24) is 4.98 Å². The molecule has 0 radical (unpaired) electrons. The third-order valence-corrected chi connectivity index (χ3v) is 4.16. The third kappa shape index (κ3) is 1.77. The van der Waals surface area contributed by atoms with Crippen LogP contribution in [0.15, 0.2) is 36.4 Å². The van der Waals surface area contributed by atoms with Gasteiger partial charge in [0, 0.05) is 11.3 Å². The summed E-state index contributed by atoms with van der Waals surface area (Å²) in [5, 5.41) is 1.07. The number of aromatic nitrogens is 1. The molecule has 0 aliphatic carbocycles. The van der Waals surface area contributed by atoms with Crippen LogP contribution in [0.25, 0.3) is 20.8 Å². The number of nitrogen functional groups attached to an aromatic ring is 1. The summed E-state index contributed by atoms with van der Waals surface area (Å²) >= 11 is 1.73. The molecular formula is C15H14N2S. The minimum atomic E-state index is 0.800. The molecule has 2 aromatic carbocycles. The summed E-state index contributed by atoms with van der Waals surface area (Å²) in [6, 6.07) is 12.3. The van der Waals surface area contributed by atoms with Crippen LogP contribution in [0, 0.1) is 13.8 Å². The fourth-order valence-corrected chi connectivity index (χ4v) is 3.26. The Kier molecular flexibility index (Phi) is 2.56. The van der Waals surface area contributed by atoms with Crippen molar-refractivity contribution in [2.75, 3.05) is 5.73 Å². The van der Waals surface area contributed by atoms with Crippen molar-refractivity contribution >= 4 is 27.2 Å². The minimum Gasteiger partial charge on any atom is -0.399 e. The monoisotopic (exact) mass is 254 g/mol. The predicted molar refractivity (Wildman–Crippen MR) is 78.9 cm³/mol. The van der Waals surface area contributed by atoms with Crippen molar-refractivity contribution in [2.45, 2.75) is 13.8 Å². The second-order valence-electron chi connectivity index (χ2n) is 4.52. The van der Waals surface area contributed by atoms with E-state index in [1.165, 1.54) is 21.4 Å². The molecule has 2 nitrogen and oxygen atoms in total. The fraction of sp³-hybridized carbons (Fsp3) is 0.133. The molecule has 0 fully saturated rings. The SMILES string of the molecule is Cc1cc(N)ccc1-c1nc2c(C)cccc2s1. The second kappa shape index (κ2) is 4.10. The number of rotatable bonds is 1. The van der Waals surface area contributed by atoms with Crippen LogP contribution in [-0.4, -0.2) is 4.98 Å². The zero-order valence-electron chi connectivity index (χ0n) is 10.4. The van der Waals surface area contributed by atoms with Gasteiger partial charge in [-0.2, -0.15) is 0 Å². The number of hydrogen-bond donors (Lipinski definition) is 1. The van der Waals surface area contributed by atoms with Crippen LogP contribution in [0.2, 0.25) is 0 Å². The molecule has 0 unspecified atom stereocenters. The molecule has 0 atom stereocenters. The van der Waals surface area contributed by atoms with E-state index in [1.54, 1.807) is 11.3 Å². The van der Waals surface area contributed by atoms with Crippen LogP contribution in [-0.2, 0) is 0 Å². The first-order chi connectivity index (χ1) is 8.65. The number of fused-ring (bicyclic) bond motifs is 1. The summed E-state index contributed by atoms with van der Waals surface area (Å²) in [4.78, 5) is 4.75. The molecule has 0 spiro atoms. The van der Waals surface area contributed by atoms with E-state index < -0.39 is 0 Å². The first-order valence-corrected chi connectivity index (χ1v) is 6.69. The van der Waals surface area contributed by atoms with Gasteiger partial charge in [-0.25, -0.2) is 4.98 Å². The quantitative estimate of drug-likeness (QED) is 0.662. The minimum absolute atomic E-state index is 0.800. The second-order valence-corrected chi connectivity index (χ2v) is 5.55. The number of anilines is 1. The molecule has 0 bridgehead atoms. The first kappa shape index (κ1) is 11.2. The average Bonchev–Trinajstić information content (AvgIpc) is 2.74. The van der Waals surface area contributed by atoms with Crippen molar-refractivity contribution in [3.05, 3.63) is 47.5 Å². The number of benzene rings is 2. The van der Waals surface area contributed by atoms with Crippen molar-refractivity contribution < 1.29 is 0 Å². The maximum Gasteiger partial charge on any atom is 0.124 e. The van der Waals surface area contributed by atoms with E-state index in [9.17, 15) is 0 Å². The zero-order chi connectivity index (χ0) is 12.7. The van der Waals surface area contributed by atoms with E-state index in [1.807, 2.05) is 12.1 Å². The number of nitrogens with zero attached hydrogens (tertiary/aromatic N) is 1. The normalized spacial score (nSPS) is 11.0. The Morgan fingerprint density at radius 1 is 1.06 bits per heavy atom. The number of nitrogens with two attached hydrogens (primary N) is 1. The zero-order valence-corrected chi connectivity index (χ0v) is 11.2. The predicted octanol–water partition coefficient (Wildman–Crippen LogP) is 4.16. The van der Waals surface area contributed by atoms with E-state index in [0.29, 0.717) is 0 Å². The summed E-state index contributed by atoms with van der Waals surface area (Å²) in [5.41, 5.74) is 11.3. The van der Waals surface area contributed by atoms with Gasteiger partial charge in [0.15, 0.2) is 0 Å². The van der Waals surface area contributed by atoms with Crippen LogP contribution in [0.3, 0.4) is 0 Å². The van der Waals surface area contributed by atoms with E-state index in [-0.39, 0.29) is 0 Å². The highest BCUT2D eigenvalue weighted by Gasteiger charge is 2.09. The van der Waals surface area contributed by atoms with Crippen molar-refractivity contribution in [3.8, 4) is 10.6 Å². The maximum absolute atomic E-state index is 5.79. The highest BCUT2D eigenvalue weighted by Crippen LogP contribution is 2.33. The molecule has 1 aromatic heterocycles. The number of thiazole rings is 1. The Hall–Kier alpha value is -1.87. The summed E-state index contributed by atoms with van der Waals surface area (Å²) in [6.07, 6.45) is 0. The van der Waals surface area contributed by atoms with Crippen LogP contribution in [0.5, 0.6) is 0 Å². The number of para-hydroxylation sites is 1. The lowest BCUT2D eigenvalue weighted by molar-refractivity contribution is 1.39. The fourth-order valence-electron chi connectivity index (χ4n) is 2.13. The Labute approximate surface area is 110 Å². The van der Waals surface area contributed by atoms with Gasteiger partial charge >= 0.3 is 0 Å². The molecule has 3 heteroatoms. The third-order valence-electron chi connectivity index (χ3n) is 3.10. The summed E-state index contributed by atoms with van der Waals surface area (Å²) < 4.78 is 1.24. The van der Waals surface area contributed by atoms with Gasteiger partial charge in [-0.15, -0.1) is 11.3 Å². The van der Waals surface area contributed by atoms with Crippen molar-refractivity contribution in [2.24, 2.45) is 0 Å². The van der Waals surface area contributed by atoms with E-state index in [4.69, 9.17) is 10.7 Å². The smallest absolute Gasteiger partial charge is 0.124 e. The van der Waals surface area contributed by atoms with Gasteiger partial charge in [-0.1, -0.05) is 12.1 Å². The molecule has 18 heavy (non-hydrogen) atoms. The topological polar surface area (TPSA) is 38.9 Å². The van der Waals surface area contributed by atoms with Crippen LogP contribution >= 0.6 is 11.3 Å². The van der Waals surface area contributed by atoms with Crippen molar-refractivity contribution in [1.29, 1.82) is 0 Å². The standard InChI is InChI=1S/C15H14N2S/c1-9-4-3-5-13-14(9)17-15(18-13)12-7-6-11(16)8-10(12)2/h3-8H,16H2,1-2H3. The molecular weight excluding hydrogens is 240 g/mol. The highest BCUT2D eigenvalue weighted by atomic mass is 32.1. The maximum atomic E-state index is 5.79. The van der Waals surface area contributed by atoms with Gasteiger partial charge in [0.2, 0.25) is 0 Å². The molecule has 2 N–H and O–H groups in total. The molecule has 0 aliphatic rings. The molecule has 3 aromatic rings. The van der Waals surface area contributed by atoms with Gasteiger partial charge in [-0.05, 0) is 49.2 Å². The first-order valence-electron chi connectivity index (χ1n) is 5.88. The molecule has 0 amide bonds. The van der Waals surface area contributed by atoms with E-state index in [2.05, 4.69) is 38.1 Å². The van der Waals surface area contributed by atoms with Crippen LogP contribution in [0.4, 0.5) is 5.69 Å². The molecule has 90 valence electrons. The lowest BCUT2D eigenvalue weighted by Gasteiger charge is -2.02. The van der Waals surface area contributed by atoms with Crippen LogP contribution in [0.1, 0.15) is 11.1 Å². The summed E-state index contributed by atoms with van der Waals surface area (Å²) in [6.45, 7) is 4.17. The van der Waals surface area contributed by atoms with Gasteiger partial charge in [0.05, 0.1) is 10.2 Å². The molecule has 0 saturated carbocycles. The summed E-state index contributed by atoms with van der Waals surface area (Å²) in [5.74, 6) is 0. The Morgan fingerprint density at radius 2 is 1.89 bits per heavy atom. The number of hydrogen-bond acceptors (Lipinski definition) is 3. The van der Waals surface area contributed by atoms with Gasteiger partial charge in [0.25, 0.3) is 0 Å². The molecule has 0 aliphatic heterocycles. The Balaban J connectivity index is 2.23. The molecule has 3 rings (SSSR count). The van der Waals surface area contributed by atoms with Crippen LogP contribution < -0.4 is 5.73 Å². The summed E-state index contributed by atoms with van der Waals surface area (Å²) in [7, 11) is 0.